The summed E-state index contributed by atoms with van der Waals surface area (Å²) in [5, 5.41) is 2.63. The highest BCUT2D eigenvalue weighted by Crippen LogP contribution is 2.33. The first kappa shape index (κ1) is 21.9. The smallest absolute Gasteiger partial charge is 0.407 e. The van der Waals surface area contributed by atoms with Crippen molar-refractivity contribution in [1.82, 2.24) is 24.8 Å². The summed E-state index contributed by atoms with van der Waals surface area (Å²) in [7, 11) is -3.77. The van der Waals surface area contributed by atoms with Crippen LogP contribution >= 0.6 is 0 Å². The van der Waals surface area contributed by atoms with E-state index in [-0.39, 0.29) is 18.8 Å². The van der Waals surface area contributed by atoms with Gasteiger partial charge in [-0.15, -0.1) is 0 Å². The summed E-state index contributed by atoms with van der Waals surface area (Å²) in [4.78, 5) is 24.4. The number of nitrogens with one attached hydrogen (secondary N) is 1. The van der Waals surface area contributed by atoms with Crippen LogP contribution in [0, 0.1) is 0 Å². The topological polar surface area (TPSA) is 161 Å². The molecule has 3 atom stereocenters. The highest BCUT2D eigenvalue weighted by Gasteiger charge is 2.40. The average molecular weight is 462 g/mol. The van der Waals surface area contributed by atoms with Gasteiger partial charge in [-0.3, -0.25) is 8.75 Å². The Balaban J connectivity index is 1.43. The van der Waals surface area contributed by atoms with E-state index in [9.17, 15) is 13.2 Å². The van der Waals surface area contributed by atoms with E-state index in [4.69, 9.17) is 19.4 Å². The monoisotopic (exact) mass is 462 g/mol. The number of nitrogens with two attached hydrogens (primary N) is 1. The second kappa shape index (κ2) is 9.06. The van der Waals surface area contributed by atoms with Gasteiger partial charge in [0.1, 0.15) is 36.9 Å². The standard InChI is InChI=1S/C19H22N6O6S/c1-32(27,28)31-13-7-15(25-11-24-16-17(20)22-10-23-18(16)25)30-14(13)9-29-19(26)21-8-12-5-3-2-4-6-12/h2-6,10-11,13-15H,7-9H2,1H3,(H,21,26)(H2,20,22,23)/t13-,14+,15+/m0/s1. The Morgan fingerprint density at radius 1 is 1.28 bits per heavy atom. The molecule has 1 fully saturated rings. The van der Waals surface area contributed by atoms with Gasteiger partial charge in [-0.25, -0.2) is 19.7 Å². The molecule has 32 heavy (non-hydrogen) atoms. The molecule has 0 aliphatic carbocycles. The Morgan fingerprint density at radius 2 is 2.06 bits per heavy atom. The molecule has 0 saturated carbocycles. The number of fused-ring (bicyclic) bond motifs is 1. The molecule has 2 aromatic heterocycles. The molecular formula is C19H22N6O6S. The quantitative estimate of drug-likeness (QED) is 0.484. The Kier molecular flexibility index (Phi) is 6.21. The number of aromatic nitrogens is 4. The van der Waals surface area contributed by atoms with Crippen LogP contribution in [-0.2, 0) is 30.3 Å². The molecule has 0 bridgehead atoms. The van der Waals surface area contributed by atoms with Crippen LogP contribution in [0.4, 0.5) is 10.6 Å². The number of amides is 1. The van der Waals surface area contributed by atoms with E-state index >= 15 is 0 Å². The molecule has 13 heteroatoms. The Labute approximate surface area is 183 Å². The number of alkyl carbamates (subject to hydrolysis) is 1. The van der Waals surface area contributed by atoms with Gasteiger partial charge in [-0.2, -0.15) is 8.42 Å². The first-order valence-electron chi connectivity index (χ1n) is 9.71. The number of hydrogen-bond donors (Lipinski definition) is 2. The molecule has 4 rings (SSSR count). The number of anilines is 1. The van der Waals surface area contributed by atoms with E-state index in [1.165, 1.54) is 12.7 Å². The van der Waals surface area contributed by atoms with Crippen molar-refractivity contribution in [3.8, 4) is 0 Å². The van der Waals surface area contributed by atoms with Crippen LogP contribution < -0.4 is 11.1 Å². The second-order valence-electron chi connectivity index (χ2n) is 7.22. The normalized spacial score (nSPS) is 21.0. The van der Waals surface area contributed by atoms with Crippen molar-refractivity contribution in [1.29, 1.82) is 0 Å². The number of nitrogens with zero attached hydrogens (tertiary/aromatic N) is 4. The highest BCUT2D eigenvalue weighted by atomic mass is 32.2. The van der Waals surface area contributed by atoms with E-state index in [0.717, 1.165) is 11.8 Å². The summed E-state index contributed by atoms with van der Waals surface area (Å²) in [5.74, 6) is 0.214. The van der Waals surface area contributed by atoms with Gasteiger partial charge in [0, 0.05) is 13.0 Å². The van der Waals surface area contributed by atoms with Crippen molar-refractivity contribution in [2.24, 2.45) is 0 Å². The Hall–Kier alpha value is -3.29. The van der Waals surface area contributed by atoms with Gasteiger partial charge in [-0.1, -0.05) is 30.3 Å². The Morgan fingerprint density at radius 3 is 2.81 bits per heavy atom. The van der Waals surface area contributed by atoms with Gasteiger partial charge in [0.15, 0.2) is 11.5 Å². The third-order valence-electron chi connectivity index (χ3n) is 4.83. The van der Waals surface area contributed by atoms with E-state index in [1.807, 2.05) is 30.3 Å². The van der Waals surface area contributed by atoms with E-state index in [2.05, 4.69) is 20.3 Å². The van der Waals surface area contributed by atoms with Gasteiger partial charge >= 0.3 is 6.09 Å². The zero-order chi connectivity index (χ0) is 22.7. The minimum atomic E-state index is -3.77. The molecule has 0 radical (unpaired) electrons. The minimum absolute atomic E-state index is 0.169. The van der Waals surface area contributed by atoms with Gasteiger partial charge in [0.05, 0.1) is 12.6 Å². The summed E-state index contributed by atoms with van der Waals surface area (Å²) >= 11 is 0. The van der Waals surface area contributed by atoms with Crippen molar-refractivity contribution in [3.05, 3.63) is 48.5 Å². The molecule has 1 saturated heterocycles. The van der Waals surface area contributed by atoms with Gasteiger partial charge in [0.2, 0.25) is 0 Å². The SMILES string of the molecule is CS(=O)(=O)O[C@H]1C[C@H](n2cnc3c(N)ncnc32)O[C@@H]1COC(=O)NCc1ccccc1. The third kappa shape index (κ3) is 5.12. The minimum Gasteiger partial charge on any atom is -0.447 e. The summed E-state index contributed by atoms with van der Waals surface area (Å²) in [6, 6.07) is 9.33. The zero-order valence-corrected chi connectivity index (χ0v) is 17.9. The van der Waals surface area contributed by atoms with Crippen LogP contribution in [0.1, 0.15) is 18.2 Å². The van der Waals surface area contributed by atoms with Crippen LogP contribution in [0.25, 0.3) is 11.2 Å². The largest absolute Gasteiger partial charge is 0.447 e. The average Bonchev–Trinajstić information content (AvgIpc) is 3.35. The van der Waals surface area contributed by atoms with E-state index in [0.29, 0.717) is 17.7 Å². The predicted molar refractivity (Wildman–Crippen MR) is 113 cm³/mol. The highest BCUT2D eigenvalue weighted by molar-refractivity contribution is 7.86. The fraction of sp³-hybridized carbons (Fsp3) is 0.368. The third-order valence-corrected chi connectivity index (χ3v) is 5.43. The molecule has 3 heterocycles. The lowest BCUT2D eigenvalue weighted by atomic mass is 10.2. The molecule has 3 aromatic rings. The number of nitrogen functional groups attached to an aromatic ring is 1. The molecule has 1 aromatic carbocycles. The number of ether oxygens (including phenoxy) is 2. The van der Waals surface area contributed by atoms with Gasteiger partial charge in [-0.05, 0) is 5.56 Å². The molecule has 1 amide bonds. The first-order valence-corrected chi connectivity index (χ1v) is 11.5. The maximum Gasteiger partial charge on any atom is 0.407 e. The number of carbonyl (C=O) groups excluding carboxylic acids is 1. The van der Waals surface area contributed by atoms with Crippen molar-refractivity contribution in [3.63, 3.8) is 0 Å². The lowest BCUT2D eigenvalue weighted by Crippen LogP contribution is -2.34. The fourth-order valence-electron chi connectivity index (χ4n) is 3.41. The van der Waals surface area contributed by atoms with Crippen LogP contribution in [-0.4, -0.2) is 59.1 Å². The number of imidazole rings is 1. The summed E-state index contributed by atoms with van der Waals surface area (Å²) in [6.07, 6.45) is 0.894. The van der Waals surface area contributed by atoms with Crippen LogP contribution in [0.5, 0.6) is 0 Å². The van der Waals surface area contributed by atoms with Gasteiger partial charge in [0.25, 0.3) is 10.1 Å². The lowest BCUT2D eigenvalue weighted by Gasteiger charge is -2.18. The number of hydrogen-bond acceptors (Lipinski definition) is 10. The molecule has 3 N–H and O–H groups in total. The molecule has 1 aliphatic rings. The van der Waals surface area contributed by atoms with Crippen molar-refractivity contribution < 1.29 is 26.9 Å². The first-order chi connectivity index (χ1) is 15.3. The summed E-state index contributed by atoms with van der Waals surface area (Å²) in [6.45, 7) is 0.0836. The molecule has 170 valence electrons. The Bertz CT molecular complexity index is 1200. The number of carbonyl (C=O) groups is 1. The maximum atomic E-state index is 12.1. The number of rotatable bonds is 7. The molecule has 1 aliphatic heterocycles. The molecular weight excluding hydrogens is 440 g/mol. The van der Waals surface area contributed by atoms with Crippen molar-refractivity contribution in [2.75, 3.05) is 18.6 Å². The van der Waals surface area contributed by atoms with Crippen molar-refractivity contribution >= 4 is 33.2 Å². The summed E-state index contributed by atoms with van der Waals surface area (Å²) < 4.78 is 41.4. The van der Waals surface area contributed by atoms with Gasteiger partial charge < -0.3 is 20.5 Å². The zero-order valence-electron chi connectivity index (χ0n) is 17.1. The van der Waals surface area contributed by atoms with E-state index in [1.54, 1.807) is 4.57 Å². The van der Waals surface area contributed by atoms with Crippen LogP contribution in [0.15, 0.2) is 43.0 Å². The van der Waals surface area contributed by atoms with E-state index < -0.39 is 34.6 Å². The maximum absolute atomic E-state index is 12.1. The predicted octanol–water partition coefficient (Wildman–Crippen LogP) is 0.967. The van der Waals surface area contributed by atoms with Crippen molar-refractivity contribution in [2.45, 2.75) is 31.4 Å². The summed E-state index contributed by atoms with van der Waals surface area (Å²) in [5.41, 5.74) is 7.56. The second-order valence-corrected chi connectivity index (χ2v) is 8.82. The molecule has 12 nitrogen and oxygen atoms in total. The van der Waals surface area contributed by atoms with Crippen LogP contribution in [0.3, 0.4) is 0 Å². The van der Waals surface area contributed by atoms with Crippen LogP contribution in [0.2, 0.25) is 0 Å². The number of benzene rings is 1. The lowest BCUT2D eigenvalue weighted by molar-refractivity contribution is -0.0418. The fourth-order valence-corrected chi connectivity index (χ4v) is 4.06. The molecule has 0 spiro atoms. The molecule has 0 unspecified atom stereocenters.